The zero-order chi connectivity index (χ0) is 50.8. The van der Waals surface area contributed by atoms with Crippen LogP contribution in [0.1, 0.15) is 186 Å². The molecule has 5 bridgehead atoms. The number of nitrogens with two attached hydrogens (primary N) is 1. The van der Waals surface area contributed by atoms with Crippen LogP contribution in [-0.2, 0) is 26.3 Å². The Kier molecular flexibility index (Phi) is 13.0. The van der Waals surface area contributed by atoms with Gasteiger partial charge in [-0.3, -0.25) is 9.59 Å². The number of anilines is 1. The molecule has 11 rings (SSSR count). The number of β-amino-alcohol motifs (C(OH)–C–C–N with tert-alkyl or cyclic N) is 1. The highest BCUT2D eigenvalue weighted by Gasteiger charge is 2.76. The first kappa shape index (κ1) is 51.0. The Balaban J connectivity index is 1.03. The van der Waals surface area contributed by atoms with Gasteiger partial charge in [0.25, 0.3) is 0 Å². The number of allylic oxidation sites excluding steroid dienone is 2. The number of fused-ring (bicyclic) bond motifs is 1. The molecule has 6 saturated carbocycles. The van der Waals surface area contributed by atoms with Gasteiger partial charge in [0.15, 0.2) is 5.78 Å². The molecule has 10 nitrogen and oxygen atoms in total. The number of aliphatic hydroxyl groups is 3. The Morgan fingerprint density at radius 2 is 1.71 bits per heavy atom. The first-order valence-corrected chi connectivity index (χ1v) is 28.8. The topological polar surface area (TPSA) is 178 Å². The number of phenols is 1. The third-order valence-electron chi connectivity index (χ3n) is 23.0. The fourth-order valence-corrected chi connectivity index (χ4v) is 20.2. The highest BCUT2D eigenvalue weighted by molar-refractivity contribution is 6.01. The Morgan fingerprint density at radius 1 is 0.917 bits per heavy atom. The highest BCUT2D eigenvalue weighted by atomic mass is 16.6. The molecule has 72 heavy (non-hydrogen) atoms. The summed E-state index contributed by atoms with van der Waals surface area (Å²) in [5.74, 6) is 1.81. The third-order valence-corrected chi connectivity index (χ3v) is 23.0. The predicted octanol–water partition coefficient (Wildman–Crippen LogP) is 9.98. The van der Waals surface area contributed by atoms with E-state index in [1.807, 2.05) is 38.2 Å². The molecule has 2 aromatic rings. The minimum absolute atomic E-state index is 0.0241. The molecule has 0 unspecified atom stereocenters. The standard InChI is InChI=1S/C62H89N3O7/c1-56(71)21-7-8-22-57(2)53-48(65-36-56)31-59(4)51-20-19-47-52(50(69)32-62(47,59)24-12-23-61(55(57)70,35-58(51,53)3)41-26-38(33-64-6)27-43(67)29-41)45(39-14-9-13-37(25-39)34-66)30-49(68)54-60(5,72-54)46-18-11-17-44(46)40-15-10-16-42(63)28-40/h10,15-16,26-29,37,39,44-46,48-49,51,53-54,64-68,71H,7-9,11-14,17-25,30-36,63H2,1-6H3/t37-,39-,44-,45-,46+,48-,49+,51+,53-,54+,56+,57+,58-,59-,60+,61-,62-/m0/s1. The Labute approximate surface area is 430 Å². The van der Waals surface area contributed by atoms with Crippen molar-refractivity contribution >= 4 is 17.3 Å². The molecule has 2 heterocycles. The summed E-state index contributed by atoms with van der Waals surface area (Å²) in [7, 11) is 1.92. The maximum atomic E-state index is 16.4. The number of nitrogen functional groups attached to an aromatic ring is 1. The number of aromatic hydroxyl groups is 1. The van der Waals surface area contributed by atoms with Gasteiger partial charge in [-0.05, 0) is 210 Å². The van der Waals surface area contributed by atoms with Gasteiger partial charge in [-0.15, -0.1) is 0 Å². The zero-order valence-electron chi connectivity index (χ0n) is 44.7. The van der Waals surface area contributed by atoms with Crippen molar-refractivity contribution in [1.82, 2.24) is 10.6 Å². The van der Waals surface area contributed by atoms with Gasteiger partial charge >= 0.3 is 0 Å². The summed E-state index contributed by atoms with van der Waals surface area (Å²) >= 11 is 0. The third kappa shape index (κ3) is 7.88. The lowest BCUT2D eigenvalue weighted by Crippen LogP contribution is -2.72. The van der Waals surface area contributed by atoms with E-state index in [-0.39, 0.29) is 76.6 Å². The lowest BCUT2D eigenvalue weighted by Gasteiger charge is -2.72. The number of rotatable bonds is 11. The molecule has 8 fully saturated rings. The van der Waals surface area contributed by atoms with Crippen molar-refractivity contribution in [3.63, 3.8) is 0 Å². The van der Waals surface area contributed by atoms with Crippen LogP contribution in [0.25, 0.3) is 0 Å². The number of ether oxygens (including phenoxy) is 1. The van der Waals surface area contributed by atoms with E-state index in [4.69, 9.17) is 10.5 Å². The van der Waals surface area contributed by atoms with Crippen molar-refractivity contribution in [2.45, 2.75) is 210 Å². The zero-order valence-corrected chi connectivity index (χ0v) is 44.7. The number of phenolic OH excluding ortho intramolecular Hbond substituents is 1. The van der Waals surface area contributed by atoms with Gasteiger partial charge in [-0.2, -0.15) is 0 Å². The van der Waals surface area contributed by atoms with Gasteiger partial charge in [0.05, 0.1) is 22.7 Å². The molecule has 0 radical (unpaired) electrons. The summed E-state index contributed by atoms with van der Waals surface area (Å²) in [5, 5.41) is 54.1. The maximum Gasteiger partial charge on any atom is 0.160 e. The lowest BCUT2D eigenvalue weighted by molar-refractivity contribution is -0.206. The number of carbonyl (C=O) groups excluding carboxylic acids is 2. The fourth-order valence-electron chi connectivity index (χ4n) is 20.2. The van der Waals surface area contributed by atoms with Crippen LogP contribution >= 0.6 is 0 Å². The van der Waals surface area contributed by atoms with Gasteiger partial charge in [-0.1, -0.05) is 76.6 Å². The molecule has 7 aliphatic carbocycles. The minimum Gasteiger partial charge on any atom is -0.508 e. The van der Waals surface area contributed by atoms with Crippen molar-refractivity contribution < 1.29 is 34.8 Å². The fraction of sp³-hybridized carbons (Fsp3) is 0.742. The molecule has 2 aliphatic heterocycles. The Morgan fingerprint density at radius 3 is 2.49 bits per heavy atom. The minimum atomic E-state index is -0.884. The summed E-state index contributed by atoms with van der Waals surface area (Å²) in [6.07, 6.45) is 15.6. The van der Waals surface area contributed by atoms with E-state index in [9.17, 15) is 20.4 Å². The summed E-state index contributed by atoms with van der Waals surface area (Å²) in [6, 6.07) is 14.2. The number of carbonyl (C=O) groups is 2. The molecule has 2 aromatic carbocycles. The summed E-state index contributed by atoms with van der Waals surface area (Å²) in [6.45, 7) is 12.7. The smallest absolute Gasteiger partial charge is 0.160 e. The van der Waals surface area contributed by atoms with Crippen LogP contribution in [0.3, 0.4) is 0 Å². The van der Waals surface area contributed by atoms with E-state index in [1.54, 1.807) is 0 Å². The second kappa shape index (κ2) is 18.3. The summed E-state index contributed by atoms with van der Waals surface area (Å²) in [4.78, 5) is 32.2. The normalized spacial score (nSPS) is 44.7. The maximum absolute atomic E-state index is 16.4. The van der Waals surface area contributed by atoms with Crippen molar-refractivity contribution in [1.29, 1.82) is 0 Å². The van der Waals surface area contributed by atoms with Crippen LogP contribution in [0.5, 0.6) is 5.75 Å². The van der Waals surface area contributed by atoms with E-state index in [0.29, 0.717) is 56.9 Å². The Hall–Kier alpha value is -3.12. The quantitative estimate of drug-likeness (QED) is 0.0847. The van der Waals surface area contributed by atoms with E-state index in [0.717, 1.165) is 119 Å². The molecule has 10 heteroatoms. The van der Waals surface area contributed by atoms with Crippen LogP contribution in [0.4, 0.5) is 5.69 Å². The molecular weight excluding hydrogens is 899 g/mol. The van der Waals surface area contributed by atoms with Gasteiger partial charge in [-0.25, -0.2) is 0 Å². The Bertz CT molecular complexity index is 2470. The lowest BCUT2D eigenvalue weighted by atomic mass is 9.32. The monoisotopic (exact) mass is 988 g/mol. The molecule has 2 saturated heterocycles. The number of benzene rings is 2. The SMILES string of the molecule is CNCc1cc(O)cc([C@]23CCC[C@]45CC(=O)C([C@@H](C[C@@H](O)[C@H]6O[C@]6(C)[C@@H]6CCC[C@H]6c6cccc(N)c6)[C@H]6CCC[C@H](CO)C6)=C4CC[C@@H]4[C@](C)(C2)[C@H]2[C@H](C[C@@]45C)NC[C@](C)(O)CCCC[C@@]2(C)C3=O)c1. The first-order valence-electron chi connectivity index (χ1n) is 28.8. The molecule has 394 valence electrons. The first-order chi connectivity index (χ1) is 34.3. The molecule has 0 aromatic heterocycles. The largest absolute Gasteiger partial charge is 0.508 e. The molecule has 17 atom stereocenters. The van der Waals surface area contributed by atoms with Crippen molar-refractivity contribution in [2.75, 3.05) is 25.9 Å². The molecule has 1 spiro atoms. The van der Waals surface area contributed by atoms with Crippen LogP contribution in [-0.4, -0.2) is 81.6 Å². The van der Waals surface area contributed by atoms with E-state index in [2.05, 4.69) is 56.5 Å². The number of nitrogens with one attached hydrogen (secondary N) is 2. The number of ketones is 2. The number of hydrogen-bond donors (Lipinski definition) is 7. The number of epoxide rings is 1. The second-order valence-electron chi connectivity index (χ2n) is 27.2. The van der Waals surface area contributed by atoms with E-state index < -0.39 is 33.6 Å². The van der Waals surface area contributed by atoms with Crippen molar-refractivity contribution in [3.8, 4) is 5.75 Å². The predicted molar refractivity (Wildman–Crippen MR) is 282 cm³/mol. The number of aliphatic hydroxyl groups excluding tert-OH is 2. The average molecular weight is 988 g/mol. The molecule has 8 N–H and O–H groups in total. The van der Waals surface area contributed by atoms with Crippen LogP contribution in [0.2, 0.25) is 0 Å². The van der Waals surface area contributed by atoms with E-state index in [1.165, 1.54) is 11.1 Å². The molecule has 9 aliphatic rings. The summed E-state index contributed by atoms with van der Waals surface area (Å²) in [5.41, 5.74) is 8.72. The van der Waals surface area contributed by atoms with Crippen LogP contribution < -0.4 is 16.4 Å². The van der Waals surface area contributed by atoms with Crippen molar-refractivity contribution in [2.24, 2.45) is 57.2 Å². The van der Waals surface area contributed by atoms with Gasteiger partial charge in [0.1, 0.15) is 17.6 Å². The second-order valence-corrected chi connectivity index (χ2v) is 27.2. The van der Waals surface area contributed by atoms with Crippen LogP contribution in [0.15, 0.2) is 53.6 Å². The van der Waals surface area contributed by atoms with Crippen LogP contribution in [0, 0.1) is 57.2 Å². The van der Waals surface area contributed by atoms with E-state index >= 15 is 9.59 Å². The molecule has 0 amide bonds. The van der Waals surface area contributed by atoms with Crippen molar-refractivity contribution in [3.05, 3.63) is 70.3 Å². The van der Waals surface area contributed by atoms with Gasteiger partial charge < -0.3 is 41.5 Å². The number of hydrogen-bond acceptors (Lipinski definition) is 10. The molecular formula is C62H89N3O7. The van der Waals surface area contributed by atoms with Gasteiger partial charge in [0.2, 0.25) is 0 Å². The highest BCUT2D eigenvalue weighted by Crippen LogP contribution is 2.78. The van der Waals surface area contributed by atoms with Gasteiger partial charge in [0, 0.05) is 48.7 Å². The summed E-state index contributed by atoms with van der Waals surface area (Å²) < 4.78 is 6.76. The number of Topliss-reactive ketones (excluding diaryl/α,β-unsaturated/α-hetero) is 2. The average Bonchev–Trinajstić information content (AvgIpc) is 3.62.